The molecule has 2 aromatic rings. The Bertz CT molecular complexity index is 1170. The molecule has 0 bridgehead atoms. The first-order chi connectivity index (χ1) is 16.1. The van der Waals surface area contributed by atoms with E-state index in [9.17, 15) is 14.4 Å². The van der Waals surface area contributed by atoms with Gasteiger partial charge in [0.15, 0.2) is 0 Å². The van der Waals surface area contributed by atoms with Crippen molar-refractivity contribution in [1.82, 2.24) is 9.30 Å². The predicted molar refractivity (Wildman–Crippen MR) is 128 cm³/mol. The van der Waals surface area contributed by atoms with E-state index in [1.54, 1.807) is 26.8 Å². The van der Waals surface area contributed by atoms with Crippen molar-refractivity contribution < 1.29 is 18.8 Å². The summed E-state index contributed by atoms with van der Waals surface area (Å²) in [5, 5.41) is 3.33. The summed E-state index contributed by atoms with van der Waals surface area (Å²) in [7, 11) is 0. The van der Waals surface area contributed by atoms with Crippen LogP contribution in [-0.2, 0) is 9.53 Å². The lowest BCUT2D eigenvalue weighted by Crippen LogP contribution is -2.46. The van der Waals surface area contributed by atoms with E-state index in [0.717, 1.165) is 51.4 Å². The zero-order chi connectivity index (χ0) is 24.5. The second-order valence-electron chi connectivity index (χ2n) is 10.4. The maximum absolute atomic E-state index is 15.1. The van der Waals surface area contributed by atoms with Crippen LogP contribution < -0.4 is 21.4 Å². The van der Waals surface area contributed by atoms with Gasteiger partial charge in [0.05, 0.1) is 16.6 Å². The average Bonchev–Trinajstić information content (AvgIpc) is 3.29. The molecule has 0 amide bonds. The first-order valence-electron chi connectivity index (χ1n) is 12.3. The zero-order valence-electron chi connectivity index (χ0n) is 20.2. The number of benzene rings is 1. The van der Waals surface area contributed by atoms with E-state index in [2.05, 4.69) is 5.32 Å². The monoisotopic (exact) mass is 475 g/mol. The molecule has 0 radical (unpaired) electrons. The SMILES string of the molecule is CC(C)(C)OC(=O)COn1c(=O)c2cc(F)c(NC3CCCCC3)cc2n(C2CCCC2)c1=O. The van der Waals surface area contributed by atoms with Crippen molar-refractivity contribution in [1.29, 1.82) is 0 Å². The smallest absolute Gasteiger partial charge is 0.365 e. The van der Waals surface area contributed by atoms with Gasteiger partial charge in [0.25, 0.3) is 5.56 Å². The maximum atomic E-state index is 15.1. The first-order valence-corrected chi connectivity index (χ1v) is 12.3. The molecule has 186 valence electrons. The Morgan fingerprint density at radius 2 is 1.71 bits per heavy atom. The molecule has 1 aromatic carbocycles. The van der Waals surface area contributed by atoms with Crippen LogP contribution in [0.15, 0.2) is 21.7 Å². The fourth-order valence-electron chi connectivity index (χ4n) is 5.02. The largest absolute Gasteiger partial charge is 0.457 e. The summed E-state index contributed by atoms with van der Waals surface area (Å²) >= 11 is 0. The van der Waals surface area contributed by atoms with Crippen LogP contribution >= 0.6 is 0 Å². The van der Waals surface area contributed by atoms with Crippen LogP contribution in [0.4, 0.5) is 10.1 Å². The second-order valence-corrected chi connectivity index (χ2v) is 10.4. The van der Waals surface area contributed by atoms with Crippen LogP contribution in [0, 0.1) is 5.82 Å². The molecule has 2 fully saturated rings. The molecule has 1 N–H and O–H groups in total. The maximum Gasteiger partial charge on any atom is 0.365 e. The predicted octanol–water partition coefficient (Wildman–Crippen LogP) is 3.93. The lowest BCUT2D eigenvalue weighted by atomic mass is 9.95. The molecule has 2 aliphatic carbocycles. The fourth-order valence-corrected chi connectivity index (χ4v) is 5.02. The summed E-state index contributed by atoms with van der Waals surface area (Å²) in [6, 6.07) is 2.80. The number of carbonyl (C=O) groups is 1. The number of ether oxygens (including phenoxy) is 1. The molecule has 0 spiro atoms. The second kappa shape index (κ2) is 9.80. The number of rotatable bonds is 6. The van der Waals surface area contributed by atoms with Gasteiger partial charge in [-0.25, -0.2) is 14.0 Å². The molecule has 8 nitrogen and oxygen atoms in total. The Hall–Kier alpha value is -2.84. The number of aromatic nitrogens is 2. The van der Waals surface area contributed by atoms with Gasteiger partial charge in [-0.3, -0.25) is 9.36 Å². The topological polar surface area (TPSA) is 91.6 Å². The molecule has 2 saturated carbocycles. The van der Waals surface area contributed by atoms with Gasteiger partial charge in [-0.05, 0) is 58.6 Å². The number of carbonyl (C=O) groups excluding carboxylic acids is 1. The standard InChI is InChI=1S/C25H34FN3O5/c1-25(2,3)34-22(30)15-33-29-23(31)18-13-19(26)20(27-16-9-5-4-6-10-16)14-21(18)28(24(29)32)17-11-7-8-12-17/h13-14,16-17,27H,4-12,15H2,1-3H3. The van der Waals surface area contributed by atoms with E-state index < -0.39 is 35.2 Å². The molecular formula is C25H34FN3O5. The van der Waals surface area contributed by atoms with Crippen molar-refractivity contribution in [3.05, 3.63) is 38.8 Å². The molecule has 1 heterocycles. The number of halogens is 1. The minimum atomic E-state index is -0.791. The van der Waals surface area contributed by atoms with Crippen molar-refractivity contribution in [3.63, 3.8) is 0 Å². The van der Waals surface area contributed by atoms with Crippen LogP contribution in [0.2, 0.25) is 0 Å². The van der Waals surface area contributed by atoms with Gasteiger partial charge >= 0.3 is 11.7 Å². The Morgan fingerprint density at radius 1 is 1.06 bits per heavy atom. The molecule has 0 unspecified atom stereocenters. The summed E-state index contributed by atoms with van der Waals surface area (Å²) < 4.78 is 22.4. The van der Waals surface area contributed by atoms with Gasteiger partial charge in [0, 0.05) is 12.1 Å². The van der Waals surface area contributed by atoms with Crippen LogP contribution in [0.5, 0.6) is 0 Å². The van der Waals surface area contributed by atoms with E-state index in [4.69, 9.17) is 9.57 Å². The Labute approximate surface area is 198 Å². The average molecular weight is 476 g/mol. The van der Waals surface area contributed by atoms with Crippen molar-refractivity contribution in [2.24, 2.45) is 0 Å². The summed E-state index contributed by atoms with van der Waals surface area (Å²) in [5.74, 6) is -1.25. The number of hydrogen-bond donors (Lipinski definition) is 1. The fraction of sp³-hybridized carbons (Fsp3) is 0.640. The van der Waals surface area contributed by atoms with E-state index in [0.29, 0.717) is 15.9 Å². The minimum absolute atomic E-state index is 0.0439. The third-order valence-corrected chi connectivity index (χ3v) is 6.53. The van der Waals surface area contributed by atoms with Crippen molar-refractivity contribution in [2.75, 3.05) is 11.9 Å². The van der Waals surface area contributed by atoms with Gasteiger partial charge in [-0.1, -0.05) is 36.8 Å². The van der Waals surface area contributed by atoms with Crippen LogP contribution in [0.3, 0.4) is 0 Å². The van der Waals surface area contributed by atoms with Crippen LogP contribution in [-0.4, -0.2) is 33.5 Å². The van der Waals surface area contributed by atoms with E-state index >= 15 is 4.39 Å². The summed E-state index contributed by atoms with van der Waals surface area (Å²) in [6.45, 7) is 4.53. The third-order valence-electron chi connectivity index (χ3n) is 6.53. The number of anilines is 1. The third kappa shape index (κ3) is 5.28. The van der Waals surface area contributed by atoms with E-state index in [1.807, 2.05) is 0 Å². The quantitative estimate of drug-likeness (QED) is 0.637. The lowest BCUT2D eigenvalue weighted by molar-refractivity contribution is -0.160. The van der Waals surface area contributed by atoms with Crippen LogP contribution in [0.1, 0.15) is 84.6 Å². The molecule has 9 heteroatoms. The highest BCUT2D eigenvalue weighted by molar-refractivity contribution is 5.82. The van der Waals surface area contributed by atoms with Crippen molar-refractivity contribution in [2.45, 2.75) is 96.2 Å². The van der Waals surface area contributed by atoms with E-state index in [1.165, 1.54) is 17.1 Å². The van der Waals surface area contributed by atoms with Gasteiger partial charge < -0.3 is 14.9 Å². The van der Waals surface area contributed by atoms with Gasteiger partial charge in [-0.2, -0.15) is 0 Å². The minimum Gasteiger partial charge on any atom is -0.457 e. The van der Waals surface area contributed by atoms with Crippen LogP contribution in [0.25, 0.3) is 10.9 Å². The number of esters is 1. The molecule has 1 aromatic heterocycles. The Morgan fingerprint density at radius 3 is 2.35 bits per heavy atom. The Balaban J connectivity index is 1.75. The molecule has 2 aliphatic rings. The molecule has 34 heavy (non-hydrogen) atoms. The molecule has 0 aliphatic heterocycles. The van der Waals surface area contributed by atoms with Gasteiger partial charge in [0.2, 0.25) is 6.61 Å². The molecule has 0 saturated heterocycles. The molecule has 0 atom stereocenters. The van der Waals surface area contributed by atoms with Crippen molar-refractivity contribution in [3.8, 4) is 0 Å². The normalized spacial score (nSPS) is 17.8. The summed E-state index contributed by atoms with van der Waals surface area (Å²) in [4.78, 5) is 44.0. The Kier molecular flexibility index (Phi) is 7.00. The highest BCUT2D eigenvalue weighted by atomic mass is 19.1. The lowest BCUT2D eigenvalue weighted by Gasteiger charge is -2.25. The summed E-state index contributed by atoms with van der Waals surface area (Å²) in [6.07, 6.45) is 8.79. The highest BCUT2D eigenvalue weighted by Crippen LogP contribution is 2.32. The number of nitrogens with zero attached hydrogens (tertiary/aromatic N) is 2. The highest BCUT2D eigenvalue weighted by Gasteiger charge is 2.26. The van der Waals surface area contributed by atoms with Gasteiger partial charge in [-0.15, -0.1) is 0 Å². The first kappa shape index (κ1) is 24.3. The molecule has 4 rings (SSSR count). The molecular weight excluding hydrogens is 441 g/mol. The zero-order valence-corrected chi connectivity index (χ0v) is 20.2. The van der Waals surface area contributed by atoms with Crippen molar-refractivity contribution >= 4 is 22.6 Å². The summed E-state index contributed by atoms with van der Waals surface area (Å²) in [5.41, 5.74) is -1.50. The number of nitrogens with one attached hydrogen (secondary N) is 1. The van der Waals surface area contributed by atoms with Gasteiger partial charge in [0.1, 0.15) is 11.4 Å². The van der Waals surface area contributed by atoms with E-state index in [-0.39, 0.29) is 17.5 Å². The number of hydrogen-bond acceptors (Lipinski definition) is 6. The number of fused-ring (bicyclic) bond motifs is 1.